The summed E-state index contributed by atoms with van der Waals surface area (Å²) in [4.78, 5) is 0.230. The van der Waals surface area contributed by atoms with Crippen molar-refractivity contribution in [2.45, 2.75) is 30.4 Å². The van der Waals surface area contributed by atoms with Crippen molar-refractivity contribution in [2.75, 3.05) is 6.26 Å². The van der Waals surface area contributed by atoms with Crippen molar-refractivity contribution in [1.82, 2.24) is 0 Å². The van der Waals surface area contributed by atoms with Gasteiger partial charge in [-0.05, 0) is 32.9 Å². The molecule has 0 saturated heterocycles. The zero-order valence-electron chi connectivity index (χ0n) is 11.2. The summed E-state index contributed by atoms with van der Waals surface area (Å²) in [6, 6.07) is 4.64. The van der Waals surface area contributed by atoms with Crippen molar-refractivity contribution < 1.29 is 12.6 Å². The van der Waals surface area contributed by atoms with E-state index in [1.165, 1.54) is 18.3 Å². The predicted molar refractivity (Wildman–Crippen MR) is 82.7 cm³/mol. The van der Waals surface area contributed by atoms with Gasteiger partial charge in [-0.3, -0.25) is 0 Å². The summed E-state index contributed by atoms with van der Waals surface area (Å²) in [6.07, 6.45) is 2.63. The van der Waals surface area contributed by atoms with Gasteiger partial charge in [0.2, 0.25) is 0 Å². The van der Waals surface area contributed by atoms with E-state index in [0.717, 1.165) is 6.26 Å². The molecule has 0 aliphatic heterocycles. The molecule has 0 saturated carbocycles. The molecule has 7 heteroatoms. The molecule has 4 nitrogen and oxygen atoms in total. The minimum absolute atomic E-state index is 0.230. The summed E-state index contributed by atoms with van der Waals surface area (Å²) >= 11 is 3.29. The van der Waals surface area contributed by atoms with Crippen molar-refractivity contribution in [3.8, 4) is 0 Å². The van der Waals surface area contributed by atoms with Gasteiger partial charge in [-0.2, -0.15) is 4.40 Å². The van der Waals surface area contributed by atoms with Gasteiger partial charge in [0.1, 0.15) is 11.0 Å². The zero-order chi connectivity index (χ0) is 14.8. The van der Waals surface area contributed by atoms with Crippen LogP contribution in [0.25, 0.3) is 0 Å². The molecule has 0 amide bonds. The van der Waals surface area contributed by atoms with Crippen LogP contribution in [0.3, 0.4) is 0 Å². The van der Waals surface area contributed by atoms with Crippen LogP contribution in [0.4, 0.5) is 0 Å². The summed E-state index contributed by atoms with van der Waals surface area (Å²) in [5.74, 6) is 0. The van der Waals surface area contributed by atoms with Crippen LogP contribution in [0, 0.1) is 0 Å². The molecule has 0 aliphatic rings. The highest BCUT2D eigenvalue weighted by Crippen LogP contribution is 2.21. The molecule has 0 radical (unpaired) electrons. The van der Waals surface area contributed by atoms with E-state index in [1.54, 1.807) is 6.07 Å². The number of nitrogens with zero attached hydrogens (tertiary/aromatic N) is 1. The van der Waals surface area contributed by atoms with Crippen LogP contribution >= 0.6 is 15.9 Å². The molecule has 0 bridgehead atoms. The van der Waals surface area contributed by atoms with E-state index in [-0.39, 0.29) is 4.90 Å². The molecule has 1 aromatic carbocycles. The zero-order valence-corrected chi connectivity index (χ0v) is 14.4. The van der Waals surface area contributed by atoms with Gasteiger partial charge < -0.3 is 0 Å². The fourth-order valence-electron chi connectivity index (χ4n) is 1.11. The molecule has 1 atom stereocenters. The molecular formula is C12H16BrNO3S2. The van der Waals surface area contributed by atoms with Gasteiger partial charge in [0.05, 0.1) is 9.64 Å². The highest BCUT2D eigenvalue weighted by atomic mass is 79.9. The van der Waals surface area contributed by atoms with Gasteiger partial charge >= 0.3 is 0 Å². The highest BCUT2D eigenvalue weighted by Gasteiger charge is 2.18. The average Bonchev–Trinajstić information content (AvgIpc) is 2.24. The second-order valence-electron chi connectivity index (χ2n) is 5.05. The molecule has 0 aromatic heterocycles. The van der Waals surface area contributed by atoms with Gasteiger partial charge in [-0.15, -0.1) is 0 Å². The van der Waals surface area contributed by atoms with E-state index in [0.29, 0.717) is 10.0 Å². The molecule has 0 aliphatic carbocycles. The van der Waals surface area contributed by atoms with Gasteiger partial charge in [-0.1, -0.05) is 22.0 Å². The lowest BCUT2D eigenvalue weighted by molar-refractivity contribution is 0.602. The first kappa shape index (κ1) is 16.5. The maximum Gasteiger partial charge on any atom is 0.175 e. The largest absolute Gasteiger partial charge is 0.234 e. The van der Waals surface area contributed by atoms with Gasteiger partial charge in [0.25, 0.3) is 0 Å². The van der Waals surface area contributed by atoms with Crippen molar-refractivity contribution in [3.63, 3.8) is 0 Å². The molecule has 106 valence electrons. The Morgan fingerprint density at radius 1 is 1.32 bits per heavy atom. The van der Waals surface area contributed by atoms with Crippen molar-refractivity contribution >= 4 is 43.0 Å². The van der Waals surface area contributed by atoms with Crippen molar-refractivity contribution in [1.29, 1.82) is 0 Å². The topological polar surface area (TPSA) is 63.6 Å². The van der Waals surface area contributed by atoms with Crippen LogP contribution in [0.1, 0.15) is 26.3 Å². The number of benzene rings is 1. The van der Waals surface area contributed by atoms with Crippen LogP contribution in [-0.4, -0.2) is 29.8 Å². The third-order valence-corrected chi connectivity index (χ3v) is 5.35. The Kier molecular flexibility index (Phi) is 5.08. The first-order valence-electron chi connectivity index (χ1n) is 5.47. The maximum atomic E-state index is 11.8. The lowest BCUT2D eigenvalue weighted by Crippen LogP contribution is -2.19. The molecule has 0 unspecified atom stereocenters. The maximum absolute atomic E-state index is 11.8. The van der Waals surface area contributed by atoms with Crippen molar-refractivity contribution in [2.24, 2.45) is 4.40 Å². The van der Waals surface area contributed by atoms with E-state index >= 15 is 0 Å². The first-order valence-corrected chi connectivity index (χ1v) is 9.26. The number of sulfone groups is 1. The average molecular weight is 366 g/mol. The van der Waals surface area contributed by atoms with E-state index < -0.39 is 25.6 Å². The molecular weight excluding hydrogens is 350 g/mol. The second-order valence-corrected chi connectivity index (χ2v) is 9.86. The van der Waals surface area contributed by atoms with Crippen LogP contribution in [-0.2, 0) is 20.8 Å². The number of rotatable bonds is 3. The Labute approximate surface area is 125 Å². The quantitative estimate of drug-likeness (QED) is 0.773. The number of halogens is 1. The minimum Gasteiger partial charge on any atom is -0.234 e. The third-order valence-electron chi connectivity index (χ3n) is 2.21. The first-order chi connectivity index (χ1) is 8.51. The summed E-state index contributed by atoms with van der Waals surface area (Å²) < 4.78 is 38.7. The number of hydrogen-bond donors (Lipinski definition) is 0. The van der Waals surface area contributed by atoms with Gasteiger partial charge in [0.15, 0.2) is 9.84 Å². The summed E-state index contributed by atoms with van der Waals surface area (Å²) in [7, 11) is -4.57. The summed E-state index contributed by atoms with van der Waals surface area (Å²) in [5, 5.41) is 0. The molecule has 1 aromatic rings. The Bertz CT molecular complexity index is 631. The van der Waals surface area contributed by atoms with E-state index in [2.05, 4.69) is 20.3 Å². The predicted octanol–water partition coefficient (Wildman–Crippen LogP) is 2.73. The number of hydrogen-bond acceptors (Lipinski definition) is 3. The van der Waals surface area contributed by atoms with Crippen LogP contribution in [0.5, 0.6) is 0 Å². The second kappa shape index (κ2) is 5.85. The Morgan fingerprint density at radius 3 is 2.32 bits per heavy atom. The highest BCUT2D eigenvalue weighted by molar-refractivity contribution is 9.10. The van der Waals surface area contributed by atoms with E-state index in [4.69, 9.17) is 0 Å². The van der Waals surface area contributed by atoms with E-state index in [1.807, 2.05) is 20.8 Å². The van der Waals surface area contributed by atoms with E-state index in [9.17, 15) is 12.6 Å². The third kappa shape index (κ3) is 4.81. The normalized spacial score (nSPS) is 14.8. The smallest absolute Gasteiger partial charge is 0.175 e. The monoisotopic (exact) mass is 365 g/mol. The van der Waals surface area contributed by atoms with Crippen LogP contribution < -0.4 is 0 Å². The molecule has 0 heterocycles. The Balaban J connectivity index is 3.06. The summed E-state index contributed by atoms with van der Waals surface area (Å²) in [5.41, 5.74) is 0.685. The molecule has 19 heavy (non-hydrogen) atoms. The molecule has 0 fully saturated rings. The molecule has 1 rings (SSSR count). The lowest BCUT2D eigenvalue weighted by Gasteiger charge is -2.12. The standard InChI is InChI=1S/C12H16BrNO3S2/c1-12(2,3)18(15)14-8-9-5-6-10(7-11(9)13)19(4,16)17/h5-8H,1-4H3/t18-/m0/s1. The summed E-state index contributed by atoms with van der Waals surface area (Å²) in [6.45, 7) is 5.51. The minimum atomic E-state index is -3.23. The molecule has 0 N–H and O–H groups in total. The fourth-order valence-corrected chi connectivity index (χ4v) is 2.91. The van der Waals surface area contributed by atoms with Crippen LogP contribution in [0.15, 0.2) is 32.0 Å². The van der Waals surface area contributed by atoms with Crippen molar-refractivity contribution in [3.05, 3.63) is 28.2 Å². The molecule has 0 spiro atoms. The Hall–Kier alpha value is -0.530. The van der Waals surface area contributed by atoms with Crippen LogP contribution in [0.2, 0.25) is 0 Å². The SMILES string of the molecule is CC(C)(C)[S@](=O)N=Cc1ccc(S(C)(=O)=O)cc1Br. The van der Waals surface area contributed by atoms with Gasteiger partial charge in [0, 0.05) is 22.5 Å². The fraction of sp³-hybridized carbons (Fsp3) is 0.417. The lowest BCUT2D eigenvalue weighted by atomic mass is 10.2. The Morgan fingerprint density at radius 2 is 1.89 bits per heavy atom. The van der Waals surface area contributed by atoms with Gasteiger partial charge in [-0.25, -0.2) is 12.6 Å².